The van der Waals surface area contributed by atoms with Gasteiger partial charge in [0.25, 0.3) is 0 Å². The normalized spacial score (nSPS) is 38.0. The van der Waals surface area contributed by atoms with Crippen LogP contribution in [0.25, 0.3) is 0 Å². The smallest absolute Gasteiger partial charge is 0.314 e. The quantitative estimate of drug-likeness (QED) is 0.194. The number of esters is 1. The number of rotatable bonds is 8. The van der Waals surface area contributed by atoms with E-state index in [1.54, 1.807) is 5.57 Å². The third kappa shape index (κ3) is 5.15. The summed E-state index contributed by atoms with van der Waals surface area (Å²) in [6.07, 6.45) is 17.4. The minimum Gasteiger partial charge on any atom is -0.426 e. The van der Waals surface area contributed by atoms with Crippen LogP contribution in [0.2, 0.25) is 0 Å². The van der Waals surface area contributed by atoms with Crippen LogP contribution in [-0.4, -0.2) is 5.97 Å². The van der Waals surface area contributed by atoms with Crippen molar-refractivity contribution >= 4 is 5.97 Å². The molecule has 3 fully saturated rings. The molecule has 0 bridgehead atoms. The second-order valence-corrected chi connectivity index (χ2v) is 14.8. The lowest BCUT2D eigenvalue weighted by Crippen LogP contribution is -2.50. The Kier molecular flexibility index (Phi) is 8.19. The first kappa shape index (κ1) is 28.0. The molecule has 2 heteroatoms. The van der Waals surface area contributed by atoms with E-state index in [9.17, 15) is 4.79 Å². The molecule has 1 aromatic rings. The van der Waals surface area contributed by atoms with Crippen molar-refractivity contribution in [2.75, 3.05) is 0 Å². The lowest BCUT2D eigenvalue weighted by Gasteiger charge is -2.59. The van der Waals surface area contributed by atoms with Crippen molar-refractivity contribution in [3.63, 3.8) is 0 Å². The molecule has 0 heterocycles. The van der Waals surface area contributed by atoms with Gasteiger partial charge in [-0.3, -0.25) is 4.79 Å². The van der Waals surface area contributed by atoms with Crippen molar-refractivity contribution in [1.82, 2.24) is 0 Å². The number of hydrogen-bond donors (Lipinski definition) is 0. The van der Waals surface area contributed by atoms with Crippen LogP contribution in [0.1, 0.15) is 112 Å². The molecular weight excluding hydrogens is 464 g/mol. The second kappa shape index (κ2) is 11.1. The van der Waals surface area contributed by atoms with Crippen LogP contribution in [0.4, 0.5) is 0 Å². The van der Waals surface area contributed by atoms with E-state index in [2.05, 4.69) is 47.6 Å². The zero-order valence-electron chi connectivity index (χ0n) is 25.2. The second-order valence-electron chi connectivity index (χ2n) is 14.8. The van der Waals surface area contributed by atoms with Crippen LogP contribution in [0.5, 0.6) is 5.75 Å². The van der Waals surface area contributed by atoms with Gasteiger partial charge in [-0.25, -0.2) is 0 Å². The van der Waals surface area contributed by atoms with Crippen molar-refractivity contribution in [3.05, 3.63) is 42.0 Å². The van der Waals surface area contributed by atoms with E-state index in [0.717, 1.165) is 48.3 Å². The summed E-state index contributed by atoms with van der Waals surface area (Å²) < 4.78 is 5.74. The molecule has 3 saturated carbocycles. The first-order valence-corrected chi connectivity index (χ1v) is 16.1. The van der Waals surface area contributed by atoms with Crippen LogP contribution in [0, 0.1) is 58.2 Å². The van der Waals surface area contributed by atoms with Crippen LogP contribution < -0.4 is 4.74 Å². The van der Waals surface area contributed by atoms with Crippen molar-refractivity contribution in [2.45, 2.75) is 112 Å². The number of hydrogen-bond acceptors (Lipinski definition) is 2. The summed E-state index contributed by atoms with van der Waals surface area (Å²) in [4.78, 5) is 13.0. The molecule has 9 atom stereocenters. The van der Waals surface area contributed by atoms with Gasteiger partial charge >= 0.3 is 5.97 Å². The molecule has 5 unspecified atom stereocenters. The van der Waals surface area contributed by atoms with Crippen LogP contribution >= 0.6 is 0 Å². The maximum absolute atomic E-state index is 13.0. The molecule has 0 N–H and O–H groups in total. The van der Waals surface area contributed by atoms with Gasteiger partial charge in [0.2, 0.25) is 0 Å². The molecular formula is C36H54O2. The molecule has 4 aliphatic carbocycles. The number of allylic oxidation sites excluding steroid dienone is 2. The topological polar surface area (TPSA) is 26.3 Å². The molecule has 0 saturated heterocycles. The minimum absolute atomic E-state index is 0.0548. The Hall–Kier alpha value is -1.57. The molecule has 0 spiro atoms. The Morgan fingerprint density at radius 1 is 0.947 bits per heavy atom. The van der Waals surface area contributed by atoms with Crippen molar-refractivity contribution in [1.29, 1.82) is 0 Å². The summed E-state index contributed by atoms with van der Waals surface area (Å²) in [7, 11) is 0. The first-order valence-electron chi connectivity index (χ1n) is 16.1. The summed E-state index contributed by atoms with van der Waals surface area (Å²) in [6.45, 7) is 14.7. The SMILES string of the molecule is CC(C)CCC[C@@H](C)[C@H]1CCC2C3CC=C4CC(C(C)C(=O)Oc5ccccc5)CC[C@]4(C)C3CC[C@@]21C. The maximum Gasteiger partial charge on any atom is 0.314 e. The average Bonchev–Trinajstić information content (AvgIpc) is 3.25. The number of ether oxygens (including phenoxy) is 1. The molecule has 4 aliphatic rings. The first-order chi connectivity index (χ1) is 18.1. The zero-order valence-corrected chi connectivity index (χ0v) is 25.2. The van der Waals surface area contributed by atoms with E-state index in [-0.39, 0.29) is 11.9 Å². The van der Waals surface area contributed by atoms with Gasteiger partial charge < -0.3 is 4.74 Å². The summed E-state index contributed by atoms with van der Waals surface area (Å²) in [5.74, 6) is 6.19. The Bertz CT molecular complexity index is 994. The predicted octanol–water partition coefficient (Wildman–Crippen LogP) is 9.89. The summed E-state index contributed by atoms with van der Waals surface area (Å²) in [5, 5.41) is 0. The Morgan fingerprint density at radius 2 is 1.71 bits per heavy atom. The zero-order chi connectivity index (χ0) is 27.1. The molecule has 0 aromatic heterocycles. The lowest BCUT2D eigenvalue weighted by molar-refractivity contribution is -0.140. The summed E-state index contributed by atoms with van der Waals surface area (Å²) in [6, 6.07) is 9.57. The summed E-state index contributed by atoms with van der Waals surface area (Å²) in [5.41, 5.74) is 2.56. The molecule has 0 radical (unpaired) electrons. The monoisotopic (exact) mass is 518 g/mol. The van der Waals surface area contributed by atoms with Crippen LogP contribution in [0.15, 0.2) is 42.0 Å². The molecule has 2 nitrogen and oxygen atoms in total. The third-order valence-electron chi connectivity index (χ3n) is 12.4. The molecule has 210 valence electrons. The minimum atomic E-state index is -0.0629. The summed E-state index contributed by atoms with van der Waals surface area (Å²) >= 11 is 0. The van der Waals surface area contributed by atoms with E-state index in [1.807, 2.05) is 30.3 Å². The van der Waals surface area contributed by atoms with E-state index < -0.39 is 0 Å². The molecule has 0 aliphatic heterocycles. The highest BCUT2D eigenvalue weighted by atomic mass is 16.5. The molecule has 5 rings (SSSR count). The highest BCUT2D eigenvalue weighted by Gasteiger charge is 2.59. The number of carbonyl (C=O) groups excluding carboxylic acids is 1. The Morgan fingerprint density at radius 3 is 2.45 bits per heavy atom. The predicted molar refractivity (Wildman–Crippen MR) is 158 cm³/mol. The third-order valence-corrected chi connectivity index (χ3v) is 12.4. The fraction of sp³-hybridized carbons (Fsp3) is 0.750. The van der Waals surface area contributed by atoms with Crippen molar-refractivity contribution < 1.29 is 9.53 Å². The van der Waals surface area contributed by atoms with Crippen molar-refractivity contribution in [2.24, 2.45) is 58.2 Å². The van der Waals surface area contributed by atoms with Crippen molar-refractivity contribution in [3.8, 4) is 5.75 Å². The van der Waals surface area contributed by atoms with Gasteiger partial charge in [-0.2, -0.15) is 0 Å². The van der Waals surface area contributed by atoms with Gasteiger partial charge in [-0.05, 0) is 116 Å². The van der Waals surface area contributed by atoms with Gasteiger partial charge in [0, 0.05) is 0 Å². The standard InChI is InChI=1S/C36H54O2/c1-24(2)11-10-12-25(3)31-17-18-32-30-16-15-28-23-27(26(4)34(37)38-29-13-8-7-9-14-29)19-21-35(28,5)33(30)20-22-36(31,32)6/h7-9,13-15,24-27,30-33H,10-12,16-23H2,1-6H3/t25-,26?,27?,30?,31-,32?,33?,35+,36-/m1/s1. The number of fused-ring (bicyclic) bond motifs is 5. The van der Waals surface area contributed by atoms with E-state index in [1.165, 1.54) is 57.8 Å². The van der Waals surface area contributed by atoms with Gasteiger partial charge in [0.15, 0.2) is 0 Å². The van der Waals surface area contributed by atoms with Gasteiger partial charge in [-0.15, -0.1) is 0 Å². The van der Waals surface area contributed by atoms with Gasteiger partial charge in [0.05, 0.1) is 5.92 Å². The number of para-hydroxylation sites is 1. The number of carbonyl (C=O) groups is 1. The van der Waals surface area contributed by atoms with E-state index in [4.69, 9.17) is 4.74 Å². The van der Waals surface area contributed by atoms with Gasteiger partial charge in [-0.1, -0.05) is 90.7 Å². The molecule has 38 heavy (non-hydrogen) atoms. The molecule has 1 aromatic carbocycles. The highest BCUT2D eigenvalue weighted by Crippen LogP contribution is 2.67. The average molecular weight is 519 g/mol. The van der Waals surface area contributed by atoms with E-state index in [0.29, 0.717) is 22.5 Å². The Balaban J connectivity index is 1.25. The van der Waals surface area contributed by atoms with E-state index >= 15 is 0 Å². The highest BCUT2D eigenvalue weighted by molar-refractivity contribution is 5.75. The largest absolute Gasteiger partial charge is 0.426 e. The maximum atomic E-state index is 13.0. The Labute approximate surface area is 233 Å². The van der Waals surface area contributed by atoms with Crippen LogP contribution in [-0.2, 0) is 4.79 Å². The molecule has 0 amide bonds. The fourth-order valence-electron chi connectivity index (χ4n) is 10.0. The lowest BCUT2D eigenvalue weighted by atomic mass is 9.46. The van der Waals surface area contributed by atoms with Gasteiger partial charge in [0.1, 0.15) is 5.75 Å². The van der Waals surface area contributed by atoms with Crippen LogP contribution in [0.3, 0.4) is 0 Å². The fourth-order valence-corrected chi connectivity index (χ4v) is 10.0. The number of benzene rings is 1.